The summed E-state index contributed by atoms with van der Waals surface area (Å²) in [5.41, 5.74) is 0. The number of rotatable bonds is 18. The van der Waals surface area contributed by atoms with E-state index in [2.05, 4.69) is 10.2 Å². The van der Waals surface area contributed by atoms with Crippen LogP contribution in [0.15, 0.2) is 4.99 Å². The number of carbonyl (C=O) groups is 8. The van der Waals surface area contributed by atoms with Gasteiger partial charge in [-0.2, -0.15) is 0 Å². The van der Waals surface area contributed by atoms with Gasteiger partial charge in [0.15, 0.2) is 48.2 Å². The number of ether oxygens (including phenoxy) is 10. The van der Waals surface area contributed by atoms with Crippen molar-refractivity contribution in [1.29, 1.82) is 0 Å². The van der Waals surface area contributed by atoms with Crippen molar-refractivity contribution >= 4 is 83.1 Å². The first-order valence-electron chi connectivity index (χ1n) is 18.0. The van der Waals surface area contributed by atoms with Gasteiger partial charge >= 0.3 is 41.8 Å². The third-order valence-electron chi connectivity index (χ3n) is 7.73. The number of carbonyl (C=O) groups excluding carboxylic acids is 8. The molecule has 0 aliphatic carbocycles. The minimum Gasteiger partial charge on any atom is -0.463 e. The van der Waals surface area contributed by atoms with Gasteiger partial charge in [-0.1, -0.05) is 11.8 Å². The fourth-order valence-electron chi connectivity index (χ4n) is 5.81. The van der Waals surface area contributed by atoms with Crippen molar-refractivity contribution in [2.45, 2.75) is 124 Å². The van der Waals surface area contributed by atoms with E-state index in [4.69, 9.17) is 68.2 Å². The van der Waals surface area contributed by atoms with E-state index in [1.54, 1.807) is 13.8 Å². The lowest BCUT2D eigenvalue weighted by atomic mass is 9.95. The van der Waals surface area contributed by atoms with Crippen molar-refractivity contribution < 1.29 is 94.8 Å². The number of aliphatic imine (C=N–C) groups is 1. The normalized spacial score (nSPS) is 28.9. The highest BCUT2D eigenvalue weighted by molar-refractivity contribution is 8.15. The van der Waals surface area contributed by atoms with Gasteiger partial charge in [0.1, 0.15) is 31.5 Å². The maximum atomic E-state index is 13.1. The second-order valence-corrected chi connectivity index (χ2v) is 16.6. The maximum absolute atomic E-state index is 13.1. The van der Waals surface area contributed by atoms with Crippen LogP contribution in [0.25, 0.3) is 0 Å². The van der Waals surface area contributed by atoms with Crippen LogP contribution in [0.4, 0.5) is 0 Å². The number of hydrazine groups is 1. The van der Waals surface area contributed by atoms with Crippen LogP contribution in [0.1, 0.15) is 62.3 Å². The summed E-state index contributed by atoms with van der Waals surface area (Å²) in [5, 5.41) is 3.72. The van der Waals surface area contributed by atoms with E-state index in [1.165, 1.54) is 0 Å². The second-order valence-electron chi connectivity index (χ2n) is 12.5. The molecule has 1 amide bonds. The first kappa shape index (κ1) is 49.6. The molecule has 3 fully saturated rings. The minimum atomic E-state index is -3.30. The average molecular weight is 902 g/mol. The van der Waals surface area contributed by atoms with Gasteiger partial charge in [-0.3, -0.25) is 38.4 Å². The highest BCUT2D eigenvalue weighted by Gasteiger charge is 2.57. The van der Waals surface area contributed by atoms with Crippen LogP contribution in [0.3, 0.4) is 0 Å². The Bertz CT molecular complexity index is 1660. The predicted molar refractivity (Wildman–Crippen MR) is 201 cm³/mol. The lowest BCUT2D eigenvalue weighted by Crippen LogP contribution is -2.67. The molecule has 59 heavy (non-hydrogen) atoms. The fraction of sp³-hybridized carbons (Fsp3) is 0.727. The molecule has 0 spiro atoms. The van der Waals surface area contributed by atoms with Crippen LogP contribution >= 0.6 is 18.4 Å². The van der Waals surface area contributed by atoms with Gasteiger partial charge in [0, 0.05) is 48.5 Å². The molecule has 332 valence electrons. The molecule has 0 unspecified atom stereocenters. The Kier molecular flexibility index (Phi) is 19.1. The molecule has 23 nitrogen and oxygen atoms in total. The van der Waals surface area contributed by atoms with Crippen LogP contribution in [-0.2, 0) is 107 Å². The van der Waals surface area contributed by atoms with Crippen molar-refractivity contribution in [3.63, 3.8) is 0 Å². The van der Waals surface area contributed by atoms with Crippen LogP contribution < -0.4 is 5.20 Å². The summed E-state index contributed by atoms with van der Waals surface area (Å²) in [5.74, 6) is -6.84. The van der Waals surface area contributed by atoms with Gasteiger partial charge in [-0.25, -0.2) is 10.0 Å². The van der Waals surface area contributed by atoms with Crippen molar-refractivity contribution in [2.75, 3.05) is 32.2 Å². The number of esters is 7. The molecule has 0 radical (unpaired) electrons. The van der Waals surface area contributed by atoms with Crippen LogP contribution in [-0.4, -0.2) is 151 Å². The third kappa shape index (κ3) is 14.7. The van der Waals surface area contributed by atoms with E-state index >= 15 is 0 Å². The molecule has 0 bridgehead atoms. The first-order chi connectivity index (χ1) is 27.7. The van der Waals surface area contributed by atoms with Crippen LogP contribution in [0.2, 0.25) is 0 Å². The highest BCUT2D eigenvalue weighted by Crippen LogP contribution is 2.45. The average Bonchev–Trinajstić information content (AvgIpc) is 3.44. The standard InChI is InChI=1S/C33H48N3O20PS2/c1-10-47-57(58,48-11-2)35-36-24(44)14-59-33(36)34-31-29(52-20(8)42)27(50-18(6)40)26(22(54-31)12-45-15(3)37)56-32-30(53-21(9)43)28(51-19(7)41)25(49-17(5)39)23(55-32)13-46-16(4)38/h22-23,25-32H,10-14H2,1-9H3,(H,35,58)/b34-33+/t22-,23-,25+,26-,27+,28+,29-,30-,31-,32+/m1/s1. The van der Waals surface area contributed by atoms with Gasteiger partial charge in [-0.05, 0) is 25.7 Å². The molecular formula is C33H48N3O20PS2. The first-order valence-corrected chi connectivity index (χ1v) is 21.6. The number of amidine groups is 1. The Balaban J connectivity index is 2.22. The monoisotopic (exact) mass is 901 g/mol. The molecule has 26 heteroatoms. The van der Waals surface area contributed by atoms with Crippen molar-refractivity contribution in [2.24, 2.45) is 4.99 Å². The molecule has 3 saturated heterocycles. The lowest BCUT2D eigenvalue weighted by Gasteiger charge is -2.48. The Morgan fingerprint density at radius 2 is 1.12 bits per heavy atom. The van der Waals surface area contributed by atoms with E-state index in [1.807, 2.05) is 0 Å². The largest absolute Gasteiger partial charge is 0.463 e. The van der Waals surface area contributed by atoms with Crippen LogP contribution in [0, 0.1) is 0 Å². The van der Waals surface area contributed by atoms with E-state index in [-0.39, 0.29) is 24.1 Å². The zero-order valence-electron chi connectivity index (χ0n) is 33.6. The molecule has 3 rings (SSSR count). The summed E-state index contributed by atoms with van der Waals surface area (Å²) in [6, 6.07) is 0. The highest BCUT2D eigenvalue weighted by atomic mass is 32.5. The Morgan fingerprint density at radius 1 is 0.678 bits per heavy atom. The van der Waals surface area contributed by atoms with Crippen molar-refractivity contribution in [3.8, 4) is 0 Å². The quantitative estimate of drug-likeness (QED) is 0.110. The zero-order valence-corrected chi connectivity index (χ0v) is 36.2. The molecule has 3 aliphatic heterocycles. The number of nitrogens with one attached hydrogen (secondary N) is 1. The van der Waals surface area contributed by atoms with Gasteiger partial charge in [0.2, 0.25) is 0 Å². The Morgan fingerprint density at radius 3 is 1.59 bits per heavy atom. The Labute approximate surface area is 348 Å². The number of amides is 1. The summed E-state index contributed by atoms with van der Waals surface area (Å²) in [6.45, 7) is 6.37. The van der Waals surface area contributed by atoms with Crippen molar-refractivity contribution in [1.82, 2.24) is 10.2 Å². The molecule has 1 N–H and O–H groups in total. The molecule has 0 aromatic heterocycles. The number of thioether (sulfide) groups is 1. The van der Waals surface area contributed by atoms with E-state index in [9.17, 15) is 38.4 Å². The van der Waals surface area contributed by atoms with Gasteiger partial charge in [0.25, 0.3) is 12.5 Å². The zero-order chi connectivity index (χ0) is 44.2. The number of hydrogen-bond acceptors (Lipinski definition) is 23. The minimum absolute atomic E-state index is 0.0578. The summed E-state index contributed by atoms with van der Waals surface area (Å²) in [6.07, 6.45) is -16.5. The van der Waals surface area contributed by atoms with E-state index in [0.717, 1.165) is 65.2 Å². The molecule has 0 aromatic rings. The fourth-order valence-corrected chi connectivity index (χ4v) is 8.92. The summed E-state index contributed by atoms with van der Waals surface area (Å²) in [7, 11) is 0. The molecule has 10 atom stereocenters. The smallest absolute Gasteiger partial charge is 0.303 e. The SMILES string of the molecule is CCOP(=S)(NN1C(=O)CS/C1=N/[C@@H]1O[C@H](COC(C)=O)[C@@H](O[C@@H]2O[C@H](COC(C)=O)[C@H](OC(C)=O)[C@H](OC(C)=O)[C@H]2OC(C)=O)[C@H](OC(C)=O)[C@H]1OC(C)=O)OCC. The Hall–Kier alpha value is -3.81. The maximum Gasteiger partial charge on any atom is 0.303 e. The van der Waals surface area contributed by atoms with Crippen molar-refractivity contribution in [3.05, 3.63) is 0 Å². The van der Waals surface area contributed by atoms with Crippen LogP contribution in [0.5, 0.6) is 0 Å². The summed E-state index contributed by atoms with van der Waals surface area (Å²) < 4.78 is 68.1. The summed E-state index contributed by atoms with van der Waals surface area (Å²) in [4.78, 5) is 104. The van der Waals surface area contributed by atoms with Gasteiger partial charge in [0.05, 0.1) is 19.0 Å². The third-order valence-corrected chi connectivity index (χ3v) is 11.2. The summed E-state index contributed by atoms with van der Waals surface area (Å²) >= 11 is 6.48. The van der Waals surface area contributed by atoms with E-state index < -0.39 is 129 Å². The molecular weight excluding hydrogens is 853 g/mol. The van der Waals surface area contributed by atoms with Gasteiger partial charge < -0.3 is 56.4 Å². The molecule has 3 aliphatic rings. The lowest BCUT2D eigenvalue weighted by molar-refractivity contribution is -0.344. The van der Waals surface area contributed by atoms with Gasteiger partial charge in [-0.15, -0.1) is 5.20 Å². The van der Waals surface area contributed by atoms with E-state index in [0.29, 0.717) is 0 Å². The molecule has 0 saturated carbocycles. The second kappa shape index (κ2) is 22.7. The molecule has 0 aromatic carbocycles. The molecule has 3 heterocycles. The predicted octanol–water partition coefficient (Wildman–Crippen LogP) is 0.340. The number of nitrogens with zero attached hydrogens (tertiary/aromatic N) is 2. The topological polar surface area (TPSA) is 275 Å². The number of hydrogen-bond donors (Lipinski definition) is 1.